The highest BCUT2D eigenvalue weighted by Crippen LogP contribution is 2.21. The van der Waals surface area contributed by atoms with Gasteiger partial charge in [-0.3, -0.25) is 4.79 Å². The molecule has 0 saturated carbocycles. The molecular weight excluding hydrogens is 529 g/mol. The topological polar surface area (TPSA) is 137 Å². The number of hydrogen-bond donors (Lipinski definition) is 5. The number of carboxylic acids is 1. The molecule has 0 radical (unpaired) electrons. The fourth-order valence-corrected chi connectivity index (χ4v) is 3.58. The zero-order chi connectivity index (χ0) is 27.7. The molecule has 2 aromatic carbocycles. The minimum absolute atomic E-state index is 0.0987. The van der Waals surface area contributed by atoms with Crippen molar-refractivity contribution in [2.24, 2.45) is 0 Å². The molecule has 10 nitrogen and oxygen atoms in total. The molecular formula is C24H24ClF3N6O4. The first-order chi connectivity index (χ1) is 18.0. The van der Waals surface area contributed by atoms with Gasteiger partial charge < -0.3 is 26.4 Å². The predicted molar refractivity (Wildman–Crippen MR) is 135 cm³/mol. The number of rotatable bonds is 5. The number of carboxylic acid groups (broad SMARTS) is 1. The summed E-state index contributed by atoms with van der Waals surface area (Å²) in [4.78, 5) is 33.7. The number of amides is 3. The number of urea groups is 1. The number of para-hydroxylation sites is 1. The number of piperidine rings is 1. The standard InChI is InChI=1S/C22H23ClN6O2.C2HF3O2/c23-19-6-1-2-7-20(19)28-22(31)27-17-13-25-29(14-17)18-5-3-4-15(12-18)21(30)26-16-8-10-24-11-9-16;3-2(4,5)1(6)7/h1-7,12-14,16,24H,8-11H2,(H,26,30)(H2,27,28,31);(H,6,7). The van der Waals surface area contributed by atoms with E-state index in [9.17, 15) is 22.8 Å². The molecule has 38 heavy (non-hydrogen) atoms. The number of carbonyl (C=O) groups excluding carboxylic acids is 2. The van der Waals surface area contributed by atoms with Crippen molar-refractivity contribution in [2.75, 3.05) is 23.7 Å². The van der Waals surface area contributed by atoms with E-state index < -0.39 is 18.2 Å². The normalized spacial score (nSPS) is 13.6. The molecule has 1 aliphatic heterocycles. The number of nitrogens with one attached hydrogen (secondary N) is 4. The quantitative estimate of drug-likeness (QED) is 0.320. The van der Waals surface area contributed by atoms with Crippen molar-refractivity contribution in [3.63, 3.8) is 0 Å². The lowest BCUT2D eigenvalue weighted by molar-refractivity contribution is -0.192. The average molecular weight is 553 g/mol. The van der Waals surface area contributed by atoms with Crippen molar-refractivity contribution in [3.05, 3.63) is 71.5 Å². The second kappa shape index (κ2) is 12.9. The van der Waals surface area contributed by atoms with Crippen LogP contribution in [-0.2, 0) is 4.79 Å². The molecule has 0 atom stereocenters. The molecule has 0 bridgehead atoms. The number of aliphatic carboxylic acids is 1. The molecule has 1 aromatic heterocycles. The molecule has 0 spiro atoms. The van der Waals surface area contributed by atoms with Crippen LogP contribution in [-0.4, -0.2) is 58.1 Å². The summed E-state index contributed by atoms with van der Waals surface area (Å²) in [6, 6.07) is 14.0. The van der Waals surface area contributed by atoms with Crippen molar-refractivity contribution in [2.45, 2.75) is 25.1 Å². The first-order valence-electron chi connectivity index (χ1n) is 11.3. The van der Waals surface area contributed by atoms with E-state index in [0.717, 1.165) is 31.6 Å². The molecule has 4 rings (SSSR count). The molecule has 0 unspecified atom stereocenters. The van der Waals surface area contributed by atoms with Gasteiger partial charge in [0.25, 0.3) is 5.91 Å². The highest BCUT2D eigenvalue weighted by Gasteiger charge is 2.38. The fourth-order valence-electron chi connectivity index (χ4n) is 3.40. The van der Waals surface area contributed by atoms with Crippen LogP contribution >= 0.6 is 11.6 Å². The molecule has 0 aliphatic carbocycles. The summed E-state index contributed by atoms with van der Waals surface area (Å²) in [6.45, 7) is 1.83. The minimum atomic E-state index is -5.08. The van der Waals surface area contributed by atoms with Gasteiger partial charge in [0, 0.05) is 11.6 Å². The number of aromatic nitrogens is 2. The van der Waals surface area contributed by atoms with Crippen LogP contribution in [0.1, 0.15) is 23.2 Å². The van der Waals surface area contributed by atoms with Crippen molar-refractivity contribution in [1.29, 1.82) is 0 Å². The first kappa shape index (κ1) is 28.5. The van der Waals surface area contributed by atoms with Crippen LogP contribution in [0.3, 0.4) is 0 Å². The first-order valence-corrected chi connectivity index (χ1v) is 11.7. The van der Waals surface area contributed by atoms with E-state index in [-0.39, 0.29) is 11.9 Å². The van der Waals surface area contributed by atoms with Crippen molar-refractivity contribution in [1.82, 2.24) is 20.4 Å². The summed E-state index contributed by atoms with van der Waals surface area (Å²) in [7, 11) is 0. The fraction of sp³-hybridized carbons (Fsp3) is 0.250. The van der Waals surface area contributed by atoms with Gasteiger partial charge in [0.15, 0.2) is 0 Å². The number of carbonyl (C=O) groups is 3. The lowest BCUT2D eigenvalue weighted by atomic mass is 10.1. The maximum atomic E-state index is 12.6. The summed E-state index contributed by atoms with van der Waals surface area (Å²) >= 11 is 6.06. The van der Waals surface area contributed by atoms with Crippen LogP contribution in [0.5, 0.6) is 0 Å². The Morgan fingerprint density at radius 3 is 2.39 bits per heavy atom. The average Bonchev–Trinajstić information content (AvgIpc) is 3.34. The summed E-state index contributed by atoms with van der Waals surface area (Å²) in [5.41, 5.74) is 2.31. The number of halogens is 4. The van der Waals surface area contributed by atoms with E-state index in [4.69, 9.17) is 21.5 Å². The van der Waals surface area contributed by atoms with Crippen LogP contribution in [0.4, 0.5) is 29.3 Å². The van der Waals surface area contributed by atoms with Gasteiger partial charge in [-0.15, -0.1) is 0 Å². The Bertz CT molecular complexity index is 1280. The van der Waals surface area contributed by atoms with E-state index >= 15 is 0 Å². The maximum Gasteiger partial charge on any atom is 0.490 e. The van der Waals surface area contributed by atoms with Gasteiger partial charge >= 0.3 is 18.2 Å². The Hall–Kier alpha value is -4.10. The molecule has 1 saturated heterocycles. The molecule has 3 amide bonds. The Kier molecular flexibility index (Phi) is 9.68. The third-order valence-electron chi connectivity index (χ3n) is 5.25. The number of benzene rings is 2. The summed E-state index contributed by atoms with van der Waals surface area (Å²) in [5, 5.41) is 23.7. The van der Waals surface area contributed by atoms with Crippen LogP contribution in [0.2, 0.25) is 5.02 Å². The monoisotopic (exact) mass is 552 g/mol. The van der Waals surface area contributed by atoms with Gasteiger partial charge in [-0.25, -0.2) is 14.3 Å². The van der Waals surface area contributed by atoms with Gasteiger partial charge in [0.05, 0.1) is 34.5 Å². The van der Waals surface area contributed by atoms with E-state index in [1.165, 1.54) is 6.20 Å². The molecule has 14 heteroatoms. The minimum Gasteiger partial charge on any atom is -0.475 e. The summed E-state index contributed by atoms with van der Waals surface area (Å²) < 4.78 is 33.3. The predicted octanol–water partition coefficient (Wildman–Crippen LogP) is 4.28. The van der Waals surface area contributed by atoms with E-state index in [0.29, 0.717) is 22.0 Å². The zero-order valence-corrected chi connectivity index (χ0v) is 20.5. The largest absolute Gasteiger partial charge is 0.490 e. The van der Waals surface area contributed by atoms with Crippen molar-refractivity contribution >= 4 is 40.9 Å². The Labute approximate surface area is 220 Å². The molecule has 3 aromatic rings. The Morgan fingerprint density at radius 2 is 1.74 bits per heavy atom. The van der Waals surface area contributed by atoms with Gasteiger partial charge in [0.1, 0.15) is 0 Å². The van der Waals surface area contributed by atoms with Crippen molar-refractivity contribution in [3.8, 4) is 5.69 Å². The Morgan fingerprint density at radius 1 is 1.05 bits per heavy atom. The highest BCUT2D eigenvalue weighted by molar-refractivity contribution is 6.33. The van der Waals surface area contributed by atoms with E-state index in [1.807, 2.05) is 12.1 Å². The van der Waals surface area contributed by atoms with Crippen LogP contribution < -0.4 is 21.3 Å². The SMILES string of the molecule is O=C(Nc1cnn(-c2cccc(C(=O)NC3CCNCC3)c2)c1)Nc1ccccc1Cl.O=C(O)C(F)(F)F. The van der Waals surface area contributed by atoms with Crippen molar-refractivity contribution < 1.29 is 32.7 Å². The number of anilines is 2. The lowest BCUT2D eigenvalue weighted by Crippen LogP contribution is -2.42. The molecule has 2 heterocycles. The Balaban J connectivity index is 0.000000505. The maximum absolute atomic E-state index is 12.6. The molecule has 1 fully saturated rings. The number of nitrogens with zero attached hydrogens (tertiary/aromatic N) is 2. The second-order valence-corrected chi connectivity index (χ2v) is 8.49. The summed E-state index contributed by atoms with van der Waals surface area (Å²) in [6.07, 6.45) is -0.0182. The van der Waals surface area contributed by atoms with Gasteiger partial charge in [-0.2, -0.15) is 18.3 Å². The third-order valence-corrected chi connectivity index (χ3v) is 5.58. The van der Waals surface area contributed by atoms with Gasteiger partial charge in [-0.05, 0) is 56.3 Å². The smallest absolute Gasteiger partial charge is 0.475 e. The van der Waals surface area contributed by atoms with Crippen LogP contribution in [0.25, 0.3) is 5.69 Å². The van der Waals surface area contributed by atoms with Gasteiger partial charge in [0.2, 0.25) is 0 Å². The summed E-state index contributed by atoms with van der Waals surface area (Å²) in [5.74, 6) is -2.86. The molecule has 1 aliphatic rings. The molecule has 202 valence electrons. The number of hydrogen-bond acceptors (Lipinski definition) is 5. The van der Waals surface area contributed by atoms with Gasteiger partial charge in [-0.1, -0.05) is 29.8 Å². The lowest BCUT2D eigenvalue weighted by Gasteiger charge is -2.23. The number of alkyl halides is 3. The third kappa shape index (κ3) is 8.49. The zero-order valence-electron chi connectivity index (χ0n) is 19.8. The van der Waals surface area contributed by atoms with E-state index in [2.05, 4.69) is 26.4 Å². The second-order valence-electron chi connectivity index (χ2n) is 8.08. The van der Waals surface area contributed by atoms with E-state index in [1.54, 1.807) is 47.3 Å². The van der Waals surface area contributed by atoms with Crippen LogP contribution in [0.15, 0.2) is 60.9 Å². The molecule has 5 N–H and O–H groups in total. The highest BCUT2D eigenvalue weighted by atomic mass is 35.5. The van der Waals surface area contributed by atoms with Crippen LogP contribution in [0, 0.1) is 0 Å².